The average molecular weight is 223 g/mol. The molecule has 5 heteroatoms. The average Bonchev–Trinajstić information content (AvgIpc) is 2.05. The first kappa shape index (κ1) is 12.3. The molecule has 0 heterocycles. The molecule has 0 spiro atoms. The number of hydrogen-bond acceptors (Lipinski definition) is 1. The monoisotopic (exact) mass is 223 g/mol. The van der Waals surface area contributed by atoms with Gasteiger partial charge in [0.25, 0.3) is 0 Å². The molecule has 15 heavy (non-hydrogen) atoms. The highest BCUT2D eigenvalue weighted by Crippen LogP contribution is 2.24. The molecule has 0 aromatic carbocycles. The minimum atomic E-state index is -4.40. The second kappa shape index (κ2) is 4.86. The van der Waals surface area contributed by atoms with Gasteiger partial charge in [0.1, 0.15) is 6.42 Å². The first-order valence-corrected chi connectivity index (χ1v) is 5.23. The molecule has 88 valence electrons. The first-order chi connectivity index (χ1) is 6.87. The van der Waals surface area contributed by atoms with E-state index < -0.39 is 18.5 Å². The molecule has 1 aliphatic rings. The number of carbonyl (C=O) groups excluding carboxylic acids is 1. The highest BCUT2D eigenvalue weighted by atomic mass is 19.4. The number of amides is 1. The number of alkyl halides is 3. The van der Waals surface area contributed by atoms with E-state index >= 15 is 0 Å². The summed E-state index contributed by atoms with van der Waals surface area (Å²) in [6, 6.07) is -0.0592. The molecule has 1 saturated carbocycles. The van der Waals surface area contributed by atoms with Gasteiger partial charge in [-0.2, -0.15) is 13.2 Å². The van der Waals surface area contributed by atoms with E-state index in [0.29, 0.717) is 5.92 Å². The van der Waals surface area contributed by atoms with Gasteiger partial charge in [-0.15, -0.1) is 0 Å². The van der Waals surface area contributed by atoms with E-state index in [9.17, 15) is 18.0 Å². The zero-order valence-corrected chi connectivity index (χ0v) is 8.73. The van der Waals surface area contributed by atoms with E-state index in [2.05, 4.69) is 12.2 Å². The predicted octanol–water partition coefficient (Wildman–Crippen LogP) is 2.63. The third-order valence-electron chi connectivity index (χ3n) is 2.74. The normalized spacial score (nSPS) is 27.5. The third-order valence-corrected chi connectivity index (χ3v) is 2.74. The molecular weight excluding hydrogens is 207 g/mol. The van der Waals surface area contributed by atoms with Crippen molar-refractivity contribution in [1.29, 1.82) is 0 Å². The van der Waals surface area contributed by atoms with Gasteiger partial charge < -0.3 is 5.32 Å². The molecule has 0 atom stereocenters. The molecule has 0 aliphatic heterocycles. The van der Waals surface area contributed by atoms with Crippen molar-refractivity contribution in [1.82, 2.24) is 5.32 Å². The Morgan fingerprint density at radius 3 is 2.27 bits per heavy atom. The van der Waals surface area contributed by atoms with Crippen LogP contribution in [-0.4, -0.2) is 18.1 Å². The molecule has 1 N–H and O–H groups in total. The fourth-order valence-electron chi connectivity index (χ4n) is 1.87. The van der Waals surface area contributed by atoms with Gasteiger partial charge in [0, 0.05) is 6.04 Å². The van der Waals surface area contributed by atoms with Crippen LogP contribution in [0.5, 0.6) is 0 Å². The summed E-state index contributed by atoms with van der Waals surface area (Å²) in [6.45, 7) is 2.12. The lowest BCUT2D eigenvalue weighted by molar-refractivity contribution is -0.154. The smallest absolute Gasteiger partial charge is 0.353 e. The Kier molecular flexibility index (Phi) is 3.99. The summed E-state index contributed by atoms with van der Waals surface area (Å²) in [5.74, 6) is -0.275. The van der Waals surface area contributed by atoms with Crippen molar-refractivity contribution in [2.45, 2.75) is 51.2 Å². The Hall–Kier alpha value is -0.740. The molecule has 1 aliphatic carbocycles. The van der Waals surface area contributed by atoms with Crippen molar-refractivity contribution in [3.63, 3.8) is 0 Å². The fourth-order valence-corrected chi connectivity index (χ4v) is 1.87. The molecular formula is C10H16F3NO. The van der Waals surface area contributed by atoms with Crippen molar-refractivity contribution in [2.24, 2.45) is 5.92 Å². The fraction of sp³-hybridized carbons (Fsp3) is 0.900. The minimum Gasteiger partial charge on any atom is -0.353 e. The van der Waals surface area contributed by atoms with Gasteiger partial charge in [-0.3, -0.25) is 4.79 Å². The van der Waals surface area contributed by atoms with Gasteiger partial charge in [-0.25, -0.2) is 0 Å². The highest BCUT2D eigenvalue weighted by Gasteiger charge is 2.32. The Bertz CT molecular complexity index is 219. The number of carbonyl (C=O) groups is 1. The van der Waals surface area contributed by atoms with Crippen LogP contribution in [-0.2, 0) is 4.79 Å². The van der Waals surface area contributed by atoms with Gasteiger partial charge in [0.15, 0.2) is 0 Å². The lowest BCUT2D eigenvalue weighted by Gasteiger charge is -2.27. The van der Waals surface area contributed by atoms with Crippen molar-refractivity contribution >= 4 is 5.91 Å². The van der Waals surface area contributed by atoms with Gasteiger partial charge in [-0.1, -0.05) is 6.92 Å². The van der Waals surface area contributed by atoms with Crippen molar-refractivity contribution in [2.75, 3.05) is 0 Å². The van der Waals surface area contributed by atoms with Crippen LogP contribution in [0.4, 0.5) is 13.2 Å². The van der Waals surface area contributed by atoms with E-state index in [-0.39, 0.29) is 6.04 Å². The van der Waals surface area contributed by atoms with Crippen LogP contribution >= 0.6 is 0 Å². The number of hydrogen-bond donors (Lipinski definition) is 1. The van der Waals surface area contributed by atoms with Crippen molar-refractivity contribution < 1.29 is 18.0 Å². The molecule has 0 aromatic rings. The second-order valence-corrected chi connectivity index (χ2v) is 4.32. The van der Waals surface area contributed by atoms with Gasteiger partial charge in [0.05, 0.1) is 0 Å². The lowest BCUT2D eigenvalue weighted by atomic mass is 9.87. The Morgan fingerprint density at radius 2 is 1.80 bits per heavy atom. The second-order valence-electron chi connectivity index (χ2n) is 4.32. The molecule has 0 aromatic heterocycles. The Morgan fingerprint density at radius 1 is 1.27 bits per heavy atom. The minimum absolute atomic E-state index is 0.0592. The molecule has 0 unspecified atom stereocenters. The van der Waals surface area contributed by atoms with E-state index in [1.807, 2.05) is 0 Å². The Balaban J connectivity index is 2.27. The van der Waals surface area contributed by atoms with Gasteiger partial charge >= 0.3 is 6.18 Å². The largest absolute Gasteiger partial charge is 0.397 e. The van der Waals surface area contributed by atoms with Gasteiger partial charge in [-0.05, 0) is 31.6 Å². The van der Waals surface area contributed by atoms with E-state index in [1.165, 1.54) is 0 Å². The van der Waals surface area contributed by atoms with Crippen molar-refractivity contribution in [3.05, 3.63) is 0 Å². The summed E-state index contributed by atoms with van der Waals surface area (Å²) in [6.07, 6.45) is -2.20. The highest BCUT2D eigenvalue weighted by molar-refractivity contribution is 5.76. The first-order valence-electron chi connectivity index (χ1n) is 5.23. The van der Waals surface area contributed by atoms with Crippen LogP contribution in [0.1, 0.15) is 39.0 Å². The van der Waals surface area contributed by atoms with Crippen LogP contribution in [0.3, 0.4) is 0 Å². The summed E-state index contributed by atoms with van der Waals surface area (Å²) in [5.41, 5.74) is 0. The molecule has 0 radical (unpaired) electrons. The maximum Gasteiger partial charge on any atom is 0.397 e. The summed E-state index contributed by atoms with van der Waals surface area (Å²) < 4.78 is 35.6. The van der Waals surface area contributed by atoms with E-state index in [1.54, 1.807) is 0 Å². The molecule has 0 saturated heterocycles. The Labute approximate surface area is 87.2 Å². The number of nitrogens with one attached hydrogen (secondary N) is 1. The third kappa shape index (κ3) is 5.04. The molecule has 0 bridgehead atoms. The summed E-state index contributed by atoms with van der Waals surface area (Å²) >= 11 is 0. The van der Waals surface area contributed by atoms with Crippen LogP contribution in [0, 0.1) is 5.92 Å². The molecule has 2 nitrogen and oxygen atoms in total. The summed E-state index contributed by atoms with van der Waals surface area (Å²) in [5, 5.41) is 2.44. The molecule has 1 amide bonds. The van der Waals surface area contributed by atoms with Crippen LogP contribution in [0.2, 0.25) is 0 Å². The van der Waals surface area contributed by atoms with Crippen LogP contribution in [0.25, 0.3) is 0 Å². The molecule has 1 rings (SSSR count). The topological polar surface area (TPSA) is 29.1 Å². The zero-order chi connectivity index (χ0) is 11.5. The maximum atomic E-state index is 11.9. The maximum absolute atomic E-state index is 11.9. The lowest BCUT2D eigenvalue weighted by Crippen LogP contribution is -2.39. The van der Waals surface area contributed by atoms with Crippen molar-refractivity contribution in [3.8, 4) is 0 Å². The van der Waals surface area contributed by atoms with Crippen LogP contribution in [0.15, 0.2) is 0 Å². The standard InChI is InChI=1S/C10H16F3NO/c1-7-2-4-8(5-3-7)14-9(15)6-10(11,12)13/h7-8H,2-6H2,1H3,(H,14,15)/t7-,8-. The van der Waals surface area contributed by atoms with E-state index in [0.717, 1.165) is 25.7 Å². The quantitative estimate of drug-likeness (QED) is 0.766. The summed E-state index contributed by atoms with van der Waals surface area (Å²) in [4.78, 5) is 11.0. The summed E-state index contributed by atoms with van der Waals surface area (Å²) in [7, 11) is 0. The van der Waals surface area contributed by atoms with E-state index in [4.69, 9.17) is 0 Å². The number of rotatable bonds is 2. The predicted molar refractivity (Wildman–Crippen MR) is 50.2 cm³/mol. The van der Waals surface area contributed by atoms with Crippen LogP contribution < -0.4 is 5.32 Å². The SMILES string of the molecule is C[C@H]1CC[C@H](NC(=O)CC(F)(F)F)CC1. The van der Waals surface area contributed by atoms with Gasteiger partial charge in [0.2, 0.25) is 5.91 Å². The number of halogens is 3. The zero-order valence-electron chi connectivity index (χ0n) is 8.73. The molecule has 1 fully saturated rings.